The molecule has 1 aliphatic heterocycles. The maximum absolute atomic E-state index is 13.6. The summed E-state index contributed by atoms with van der Waals surface area (Å²) in [5.41, 5.74) is 3.03. The topological polar surface area (TPSA) is 67.7 Å². The van der Waals surface area contributed by atoms with Gasteiger partial charge in [0.15, 0.2) is 12.4 Å². The Balaban J connectivity index is 1.73. The van der Waals surface area contributed by atoms with Gasteiger partial charge >= 0.3 is 0 Å². The number of rotatable bonds is 7. The Morgan fingerprint density at radius 3 is 2.74 bits per heavy atom. The van der Waals surface area contributed by atoms with Crippen molar-refractivity contribution in [1.29, 1.82) is 0 Å². The zero-order valence-corrected chi connectivity index (χ0v) is 18.5. The van der Waals surface area contributed by atoms with Crippen LogP contribution >= 0.6 is 0 Å². The van der Waals surface area contributed by atoms with E-state index in [-0.39, 0.29) is 18.3 Å². The van der Waals surface area contributed by atoms with Crippen molar-refractivity contribution < 1.29 is 14.3 Å². The largest absolute Gasteiger partial charge is 0.482 e. The molecule has 3 aromatic rings. The molecule has 0 spiro atoms. The number of anilines is 1. The summed E-state index contributed by atoms with van der Waals surface area (Å²) < 4.78 is 7.59. The number of ketones is 1. The molecule has 7 nitrogen and oxygen atoms in total. The van der Waals surface area contributed by atoms with Crippen molar-refractivity contribution in [2.45, 2.75) is 32.9 Å². The first kappa shape index (κ1) is 21.1. The minimum Gasteiger partial charge on any atom is -0.482 e. The molecule has 2 heterocycles. The number of carbonyl (C=O) groups excluding carboxylic acids is 2. The maximum Gasteiger partial charge on any atom is 0.265 e. The number of nitrogens with zero attached hydrogens (tertiary/aromatic N) is 4. The van der Waals surface area contributed by atoms with E-state index in [0.29, 0.717) is 30.1 Å². The van der Waals surface area contributed by atoms with Crippen LogP contribution in [0.25, 0.3) is 11.0 Å². The van der Waals surface area contributed by atoms with E-state index in [0.717, 1.165) is 23.3 Å². The molecule has 0 aliphatic carbocycles. The van der Waals surface area contributed by atoms with Gasteiger partial charge in [-0.25, -0.2) is 4.98 Å². The third-order valence-corrected chi connectivity index (χ3v) is 5.53. The SMILES string of the molecule is CCCN1C(=O)COc2ccc(C(=O)C(C)n3c(CN(C)C)nc4ccccc43)cc21. The highest BCUT2D eigenvalue weighted by atomic mass is 16.5. The Kier molecular flexibility index (Phi) is 5.78. The summed E-state index contributed by atoms with van der Waals surface area (Å²) in [4.78, 5) is 34.4. The van der Waals surface area contributed by atoms with E-state index in [4.69, 9.17) is 9.72 Å². The number of ether oxygens (including phenoxy) is 1. The first-order valence-electron chi connectivity index (χ1n) is 10.6. The highest BCUT2D eigenvalue weighted by Gasteiger charge is 2.28. The van der Waals surface area contributed by atoms with Gasteiger partial charge in [0.25, 0.3) is 5.91 Å². The predicted octanol–water partition coefficient (Wildman–Crippen LogP) is 3.68. The second kappa shape index (κ2) is 8.51. The molecule has 0 N–H and O–H groups in total. The number of amides is 1. The van der Waals surface area contributed by atoms with Crippen molar-refractivity contribution in [3.63, 3.8) is 0 Å². The second-order valence-electron chi connectivity index (χ2n) is 8.18. The molecule has 7 heteroatoms. The van der Waals surface area contributed by atoms with E-state index < -0.39 is 6.04 Å². The molecule has 1 aliphatic rings. The number of carbonyl (C=O) groups is 2. The lowest BCUT2D eigenvalue weighted by Crippen LogP contribution is -2.39. The van der Waals surface area contributed by atoms with Crippen LogP contribution in [0.4, 0.5) is 5.69 Å². The van der Waals surface area contributed by atoms with Crippen molar-refractivity contribution in [2.24, 2.45) is 0 Å². The van der Waals surface area contributed by atoms with Crippen LogP contribution in [-0.2, 0) is 11.3 Å². The molecule has 1 amide bonds. The average molecular weight is 421 g/mol. The lowest BCUT2D eigenvalue weighted by Gasteiger charge is -2.29. The van der Waals surface area contributed by atoms with Gasteiger partial charge in [0.1, 0.15) is 11.6 Å². The van der Waals surface area contributed by atoms with Crippen LogP contribution in [0.2, 0.25) is 0 Å². The molecule has 1 aromatic heterocycles. The van der Waals surface area contributed by atoms with Crippen molar-refractivity contribution >= 4 is 28.4 Å². The van der Waals surface area contributed by atoms with Gasteiger partial charge in [-0.1, -0.05) is 19.1 Å². The summed E-state index contributed by atoms with van der Waals surface area (Å²) in [7, 11) is 3.97. The van der Waals surface area contributed by atoms with Crippen molar-refractivity contribution in [1.82, 2.24) is 14.5 Å². The van der Waals surface area contributed by atoms with Crippen LogP contribution < -0.4 is 9.64 Å². The monoisotopic (exact) mass is 420 g/mol. The number of benzene rings is 2. The number of aromatic nitrogens is 2. The second-order valence-corrected chi connectivity index (χ2v) is 8.18. The minimum absolute atomic E-state index is 0.0274. The van der Waals surface area contributed by atoms with Crippen molar-refractivity contribution in [3.05, 3.63) is 53.9 Å². The summed E-state index contributed by atoms with van der Waals surface area (Å²) >= 11 is 0. The van der Waals surface area contributed by atoms with Gasteiger partial charge in [-0.15, -0.1) is 0 Å². The van der Waals surface area contributed by atoms with Gasteiger partial charge in [0, 0.05) is 12.1 Å². The number of fused-ring (bicyclic) bond motifs is 2. The first-order chi connectivity index (χ1) is 14.9. The van der Waals surface area contributed by atoms with Gasteiger partial charge in [-0.2, -0.15) is 0 Å². The van der Waals surface area contributed by atoms with Crippen LogP contribution in [0.3, 0.4) is 0 Å². The summed E-state index contributed by atoms with van der Waals surface area (Å²) in [6.45, 7) is 5.19. The molecule has 0 saturated heterocycles. The number of imidazole rings is 1. The molecule has 2 aromatic carbocycles. The number of Topliss-reactive ketones (excluding diaryl/α,β-unsaturated/α-hetero) is 1. The summed E-state index contributed by atoms with van der Waals surface area (Å²) in [6, 6.07) is 12.8. The molecule has 0 fully saturated rings. The van der Waals surface area contributed by atoms with Gasteiger partial charge < -0.3 is 19.1 Å². The quantitative estimate of drug-likeness (QED) is 0.546. The van der Waals surface area contributed by atoms with Crippen LogP contribution in [0.15, 0.2) is 42.5 Å². The van der Waals surface area contributed by atoms with E-state index >= 15 is 0 Å². The van der Waals surface area contributed by atoms with E-state index in [1.54, 1.807) is 23.1 Å². The van der Waals surface area contributed by atoms with Gasteiger partial charge in [0.2, 0.25) is 0 Å². The first-order valence-corrected chi connectivity index (χ1v) is 10.6. The van der Waals surface area contributed by atoms with Crippen LogP contribution in [0, 0.1) is 0 Å². The molecule has 0 radical (unpaired) electrons. The van der Waals surface area contributed by atoms with E-state index in [9.17, 15) is 9.59 Å². The molecule has 0 bridgehead atoms. The van der Waals surface area contributed by atoms with E-state index in [1.165, 1.54) is 0 Å². The smallest absolute Gasteiger partial charge is 0.265 e. The van der Waals surface area contributed by atoms with Gasteiger partial charge in [-0.3, -0.25) is 9.59 Å². The lowest BCUT2D eigenvalue weighted by atomic mass is 10.0. The predicted molar refractivity (Wildman–Crippen MR) is 121 cm³/mol. The Labute approximate surface area is 182 Å². The molecule has 4 rings (SSSR count). The van der Waals surface area contributed by atoms with Crippen LogP contribution in [0.5, 0.6) is 5.75 Å². The van der Waals surface area contributed by atoms with E-state index in [1.807, 2.05) is 61.7 Å². The molecule has 1 atom stereocenters. The Bertz CT molecular complexity index is 1140. The van der Waals surface area contributed by atoms with E-state index in [2.05, 4.69) is 0 Å². The molecule has 1 unspecified atom stereocenters. The number of para-hydroxylation sites is 2. The normalized spacial score (nSPS) is 14.6. The zero-order chi connectivity index (χ0) is 22.1. The Hall–Kier alpha value is -3.19. The summed E-state index contributed by atoms with van der Waals surface area (Å²) in [5, 5.41) is 0. The standard InChI is InChI=1S/C24H28N4O3/c1-5-12-27-20-13-17(10-11-21(20)31-15-23(27)29)24(30)16(2)28-19-9-7-6-8-18(19)25-22(28)14-26(3)4/h6-11,13,16H,5,12,14-15H2,1-4H3. The van der Waals surface area contributed by atoms with Crippen molar-refractivity contribution in [2.75, 3.05) is 32.1 Å². The average Bonchev–Trinajstić information content (AvgIpc) is 3.11. The fourth-order valence-electron chi connectivity index (χ4n) is 4.10. The van der Waals surface area contributed by atoms with Gasteiger partial charge in [-0.05, 0) is 57.8 Å². The summed E-state index contributed by atoms with van der Waals surface area (Å²) in [6.07, 6.45) is 0.828. The van der Waals surface area contributed by atoms with Crippen LogP contribution in [0.1, 0.15) is 42.5 Å². The highest BCUT2D eigenvalue weighted by Crippen LogP contribution is 2.34. The molecular formula is C24H28N4O3. The van der Waals surface area contributed by atoms with Crippen molar-refractivity contribution in [3.8, 4) is 5.75 Å². The molecule has 0 saturated carbocycles. The number of hydrogen-bond acceptors (Lipinski definition) is 5. The number of hydrogen-bond donors (Lipinski definition) is 0. The molecular weight excluding hydrogens is 392 g/mol. The zero-order valence-electron chi connectivity index (χ0n) is 18.5. The Morgan fingerprint density at radius 2 is 2.00 bits per heavy atom. The Morgan fingerprint density at radius 1 is 1.23 bits per heavy atom. The van der Waals surface area contributed by atoms with Crippen LogP contribution in [-0.4, -0.2) is 53.4 Å². The maximum atomic E-state index is 13.6. The molecule has 162 valence electrons. The third kappa shape index (κ3) is 3.93. The third-order valence-electron chi connectivity index (χ3n) is 5.53. The molecule has 31 heavy (non-hydrogen) atoms. The fraction of sp³-hybridized carbons (Fsp3) is 0.375. The highest BCUT2D eigenvalue weighted by molar-refractivity contribution is 6.03. The minimum atomic E-state index is -0.444. The van der Waals surface area contributed by atoms with Gasteiger partial charge in [0.05, 0.1) is 29.3 Å². The fourth-order valence-corrected chi connectivity index (χ4v) is 4.10. The summed E-state index contributed by atoms with van der Waals surface area (Å²) in [5.74, 6) is 1.37. The lowest BCUT2D eigenvalue weighted by molar-refractivity contribution is -0.121.